The molecule has 0 amide bonds. The van der Waals surface area contributed by atoms with Crippen molar-refractivity contribution in [3.05, 3.63) is 35.0 Å². The van der Waals surface area contributed by atoms with Crippen LogP contribution < -0.4 is 0 Å². The number of benzene rings is 1. The van der Waals surface area contributed by atoms with E-state index in [9.17, 15) is 5.11 Å². The van der Waals surface area contributed by atoms with Crippen LogP contribution in [-0.2, 0) is 5.60 Å². The summed E-state index contributed by atoms with van der Waals surface area (Å²) in [5, 5.41) is 12.5. The number of hydrogen-bond donors (Lipinski definition) is 1. The van der Waals surface area contributed by atoms with Crippen LogP contribution in [0.5, 0.6) is 0 Å². The molecule has 4 heteroatoms. The van der Waals surface area contributed by atoms with Crippen LogP contribution in [0.1, 0.15) is 25.0 Å². The van der Waals surface area contributed by atoms with Crippen molar-refractivity contribution in [1.82, 2.24) is 4.90 Å². The van der Waals surface area contributed by atoms with E-state index in [0.29, 0.717) is 17.2 Å². The van der Waals surface area contributed by atoms with E-state index < -0.39 is 5.60 Å². The third-order valence-corrected chi connectivity index (χ3v) is 4.21. The van der Waals surface area contributed by atoms with Crippen LogP contribution in [0.25, 0.3) is 11.0 Å². The Kier molecular flexibility index (Phi) is 3.29. The summed E-state index contributed by atoms with van der Waals surface area (Å²) in [6.07, 6.45) is 2.42. The van der Waals surface area contributed by atoms with Crippen molar-refractivity contribution in [1.29, 1.82) is 0 Å². The fourth-order valence-corrected chi connectivity index (χ4v) is 2.92. The molecule has 0 radical (unpaired) electrons. The summed E-state index contributed by atoms with van der Waals surface area (Å²) >= 11 is 5.98. The summed E-state index contributed by atoms with van der Waals surface area (Å²) in [6.45, 7) is 1.91. The molecule has 1 aliphatic heterocycles. The summed E-state index contributed by atoms with van der Waals surface area (Å²) < 4.78 is 5.83. The van der Waals surface area contributed by atoms with Crippen LogP contribution in [0, 0.1) is 0 Å². The summed E-state index contributed by atoms with van der Waals surface area (Å²) in [6, 6.07) is 7.46. The smallest absolute Gasteiger partial charge is 0.136 e. The number of aliphatic hydroxyl groups is 1. The Morgan fingerprint density at radius 3 is 2.95 bits per heavy atom. The van der Waals surface area contributed by atoms with Gasteiger partial charge in [0, 0.05) is 17.0 Å². The van der Waals surface area contributed by atoms with Gasteiger partial charge in [0.25, 0.3) is 0 Å². The van der Waals surface area contributed by atoms with Crippen molar-refractivity contribution >= 4 is 22.6 Å². The first-order valence-electron chi connectivity index (χ1n) is 6.67. The predicted molar refractivity (Wildman–Crippen MR) is 76.5 cm³/mol. The summed E-state index contributed by atoms with van der Waals surface area (Å²) in [4.78, 5) is 2.25. The number of nitrogens with zero attached hydrogens (tertiary/aromatic N) is 1. The molecule has 2 heterocycles. The van der Waals surface area contributed by atoms with Crippen LogP contribution in [0.2, 0.25) is 5.02 Å². The molecule has 0 saturated carbocycles. The average molecular weight is 280 g/mol. The van der Waals surface area contributed by atoms with Crippen molar-refractivity contribution in [2.45, 2.75) is 24.9 Å². The van der Waals surface area contributed by atoms with Gasteiger partial charge in [0.2, 0.25) is 0 Å². The van der Waals surface area contributed by atoms with Crippen molar-refractivity contribution in [2.75, 3.05) is 20.1 Å². The second-order valence-electron chi connectivity index (χ2n) is 5.48. The molecule has 0 aliphatic carbocycles. The lowest BCUT2D eigenvalue weighted by Crippen LogP contribution is -2.27. The number of rotatable bonds is 1. The molecule has 102 valence electrons. The lowest BCUT2D eigenvalue weighted by atomic mass is 9.92. The Balaban J connectivity index is 1.98. The predicted octanol–water partition coefficient (Wildman–Crippen LogP) is 3.39. The molecule has 0 spiro atoms. The Bertz CT molecular complexity index is 595. The normalized spacial score (nSPS) is 25.6. The SMILES string of the molecule is CN1CCCC(O)(c2cc3cc(Cl)ccc3o2)CC1. The largest absolute Gasteiger partial charge is 0.458 e. The van der Waals surface area contributed by atoms with E-state index in [4.69, 9.17) is 16.0 Å². The van der Waals surface area contributed by atoms with Gasteiger partial charge in [-0.2, -0.15) is 0 Å². The minimum Gasteiger partial charge on any atom is -0.458 e. The fourth-order valence-electron chi connectivity index (χ4n) is 2.74. The highest BCUT2D eigenvalue weighted by Crippen LogP contribution is 2.36. The summed E-state index contributed by atoms with van der Waals surface area (Å²) in [5.74, 6) is 0.667. The molecular formula is C15H18ClNO2. The number of likely N-dealkylation sites (tertiary alicyclic amines) is 1. The standard InChI is InChI=1S/C15H18ClNO2/c1-17-7-2-5-15(18,6-8-17)14-10-11-9-12(16)3-4-13(11)19-14/h3-4,9-10,18H,2,5-8H2,1H3. The lowest BCUT2D eigenvalue weighted by Gasteiger charge is -2.23. The molecule has 19 heavy (non-hydrogen) atoms. The third kappa shape index (κ3) is 2.50. The molecule has 1 aromatic carbocycles. The minimum absolute atomic E-state index is 0.667. The van der Waals surface area contributed by atoms with Gasteiger partial charge in [-0.05, 0) is 57.1 Å². The maximum atomic E-state index is 10.9. The molecule has 3 nitrogen and oxygen atoms in total. The van der Waals surface area contributed by atoms with Gasteiger partial charge in [-0.3, -0.25) is 0 Å². The Morgan fingerprint density at radius 1 is 1.26 bits per heavy atom. The first-order valence-corrected chi connectivity index (χ1v) is 7.05. The van der Waals surface area contributed by atoms with Gasteiger partial charge in [0.15, 0.2) is 0 Å². The Labute approximate surface area is 117 Å². The summed E-state index contributed by atoms with van der Waals surface area (Å²) in [7, 11) is 2.09. The number of furan rings is 1. The zero-order valence-corrected chi connectivity index (χ0v) is 11.8. The van der Waals surface area contributed by atoms with E-state index in [0.717, 1.165) is 36.9 Å². The quantitative estimate of drug-likeness (QED) is 0.869. The van der Waals surface area contributed by atoms with Gasteiger partial charge in [-0.1, -0.05) is 11.6 Å². The molecule has 3 rings (SSSR count). The zero-order chi connectivity index (χ0) is 13.5. The van der Waals surface area contributed by atoms with E-state index >= 15 is 0 Å². The van der Waals surface area contributed by atoms with Crippen LogP contribution in [0.4, 0.5) is 0 Å². The fraction of sp³-hybridized carbons (Fsp3) is 0.467. The number of halogens is 1. The molecule has 2 aromatic rings. The van der Waals surface area contributed by atoms with Crippen molar-refractivity contribution < 1.29 is 9.52 Å². The first-order chi connectivity index (χ1) is 9.07. The molecule has 1 fully saturated rings. The molecule has 1 aliphatic rings. The third-order valence-electron chi connectivity index (χ3n) is 3.97. The maximum absolute atomic E-state index is 10.9. The second kappa shape index (κ2) is 4.82. The van der Waals surface area contributed by atoms with Crippen molar-refractivity contribution in [3.63, 3.8) is 0 Å². The second-order valence-corrected chi connectivity index (χ2v) is 5.92. The van der Waals surface area contributed by atoms with Crippen LogP contribution in [-0.4, -0.2) is 30.1 Å². The molecule has 1 atom stereocenters. The molecule has 0 bridgehead atoms. The van der Waals surface area contributed by atoms with E-state index in [-0.39, 0.29) is 0 Å². The van der Waals surface area contributed by atoms with Crippen LogP contribution in [0.3, 0.4) is 0 Å². The monoisotopic (exact) mass is 279 g/mol. The van der Waals surface area contributed by atoms with E-state index in [1.807, 2.05) is 24.3 Å². The zero-order valence-electron chi connectivity index (χ0n) is 11.0. The highest BCUT2D eigenvalue weighted by molar-refractivity contribution is 6.31. The van der Waals surface area contributed by atoms with E-state index in [2.05, 4.69) is 11.9 Å². The van der Waals surface area contributed by atoms with Gasteiger partial charge in [-0.15, -0.1) is 0 Å². The van der Waals surface area contributed by atoms with Gasteiger partial charge in [0.1, 0.15) is 16.9 Å². The van der Waals surface area contributed by atoms with Crippen molar-refractivity contribution in [3.8, 4) is 0 Å². The molecule has 1 N–H and O–H groups in total. The van der Waals surface area contributed by atoms with E-state index in [1.54, 1.807) is 0 Å². The molecular weight excluding hydrogens is 262 g/mol. The highest BCUT2D eigenvalue weighted by atomic mass is 35.5. The topological polar surface area (TPSA) is 36.6 Å². The van der Waals surface area contributed by atoms with Gasteiger partial charge >= 0.3 is 0 Å². The lowest BCUT2D eigenvalue weighted by molar-refractivity contribution is 0.00231. The van der Waals surface area contributed by atoms with Gasteiger partial charge in [0.05, 0.1) is 0 Å². The Hall–Kier alpha value is -1.03. The Morgan fingerprint density at radius 2 is 2.11 bits per heavy atom. The molecule has 1 aromatic heterocycles. The number of hydrogen-bond acceptors (Lipinski definition) is 3. The van der Waals surface area contributed by atoms with E-state index in [1.165, 1.54) is 0 Å². The van der Waals surface area contributed by atoms with Crippen LogP contribution >= 0.6 is 11.6 Å². The minimum atomic E-state index is -0.851. The summed E-state index contributed by atoms with van der Waals surface area (Å²) in [5.41, 5.74) is -0.0681. The van der Waals surface area contributed by atoms with Crippen LogP contribution in [0.15, 0.2) is 28.7 Å². The van der Waals surface area contributed by atoms with Crippen molar-refractivity contribution in [2.24, 2.45) is 0 Å². The van der Waals surface area contributed by atoms with Gasteiger partial charge < -0.3 is 14.4 Å². The molecule has 1 saturated heterocycles. The first kappa shape index (κ1) is 13.0. The maximum Gasteiger partial charge on any atom is 0.136 e. The molecule has 1 unspecified atom stereocenters. The highest BCUT2D eigenvalue weighted by Gasteiger charge is 2.34. The average Bonchev–Trinajstić information content (AvgIpc) is 2.72. The number of fused-ring (bicyclic) bond motifs is 1. The van der Waals surface area contributed by atoms with Gasteiger partial charge in [-0.25, -0.2) is 0 Å².